The molecule has 2 aromatic heterocycles. The van der Waals surface area contributed by atoms with E-state index in [4.69, 9.17) is 9.72 Å². The Kier molecular flexibility index (Phi) is 8.07. The quantitative estimate of drug-likeness (QED) is 0.434. The fourth-order valence-electron chi connectivity index (χ4n) is 3.81. The molecule has 190 valence electrons. The fraction of sp³-hybridized carbons (Fsp3) is 0.385. The third-order valence-electron chi connectivity index (χ3n) is 5.81. The van der Waals surface area contributed by atoms with Gasteiger partial charge in [-0.1, -0.05) is 6.07 Å². The van der Waals surface area contributed by atoms with Gasteiger partial charge in [-0.2, -0.15) is 4.98 Å². The lowest BCUT2D eigenvalue weighted by Gasteiger charge is -2.27. The molecule has 0 aliphatic carbocycles. The van der Waals surface area contributed by atoms with Crippen LogP contribution >= 0.6 is 0 Å². The summed E-state index contributed by atoms with van der Waals surface area (Å²) in [6.45, 7) is 7.96. The monoisotopic (exact) mass is 494 g/mol. The molecular formula is C26H31FN6O3. The van der Waals surface area contributed by atoms with Crippen LogP contribution in [0.3, 0.4) is 0 Å². The maximum atomic E-state index is 13.7. The first-order chi connectivity index (χ1) is 17.3. The number of hydrogen-bond donors (Lipinski definition) is 3. The summed E-state index contributed by atoms with van der Waals surface area (Å²) in [6, 6.07) is 10.4. The molecule has 3 N–H and O–H groups in total. The van der Waals surface area contributed by atoms with Crippen molar-refractivity contribution in [1.29, 1.82) is 0 Å². The number of alkyl halides is 1. The van der Waals surface area contributed by atoms with Crippen LogP contribution in [0.4, 0.5) is 21.8 Å². The highest BCUT2D eigenvalue weighted by Gasteiger charge is 2.18. The standard InChI is InChI=1S/C26H31FN6O3/c1-16-4-5-20(30-25(35)19-6-7-28-22(12-19)18(3)27)13-21(16)23-14-24(29-15-17(2)34)32-26(31-23)33-8-10-36-11-9-33/h4-7,12-14,17-18,34H,8-11,15H2,1-3H3,(H,30,35)(H,29,31,32). The molecule has 2 atom stereocenters. The van der Waals surface area contributed by atoms with E-state index in [1.54, 1.807) is 13.0 Å². The maximum absolute atomic E-state index is 13.7. The summed E-state index contributed by atoms with van der Waals surface area (Å²) >= 11 is 0. The zero-order valence-electron chi connectivity index (χ0n) is 20.7. The first-order valence-corrected chi connectivity index (χ1v) is 12.0. The van der Waals surface area contributed by atoms with Gasteiger partial charge in [0.2, 0.25) is 5.95 Å². The maximum Gasteiger partial charge on any atom is 0.255 e. The number of aryl methyl sites for hydroxylation is 1. The van der Waals surface area contributed by atoms with E-state index in [2.05, 4.69) is 25.5 Å². The Morgan fingerprint density at radius 3 is 2.67 bits per heavy atom. The van der Waals surface area contributed by atoms with Crippen molar-refractivity contribution < 1.29 is 19.0 Å². The van der Waals surface area contributed by atoms with Crippen molar-refractivity contribution in [2.45, 2.75) is 33.0 Å². The molecule has 9 nitrogen and oxygen atoms in total. The Morgan fingerprint density at radius 1 is 1.17 bits per heavy atom. The van der Waals surface area contributed by atoms with Gasteiger partial charge in [0.15, 0.2) is 0 Å². The second kappa shape index (κ2) is 11.4. The molecule has 0 bridgehead atoms. The molecule has 2 unspecified atom stereocenters. The number of carbonyl (C=O) groups excluding carboxylic acids is 1. The predicted molar refractivity (Wildman–Crippen MR) is 137 cm³/mol. The average molecular weight is 495 g/mol. The van der Waals surface area contributed by atoms with E-state index in [-0.39, 0.29) is 11.6 Å². The van der Waals surface area contributed by atoms with Crippen molar-refractivity contribution >= 4 is 23.4 Å². The Balaban J connectivity index is 1.64. The van der Waals surface area contributed by atoms with E-state index >= 15 is 0 Å². The summed E-state index contributed by atoms with van der Waals surface area (Å²) in [5, 5.41) is 15.8. The topological polar surface area (TPSA) is 112 Å². The minimum absolute atomic E-state index is 0.209. The van der Waals surface area contributed by atoms with E-state index in [0.717, 1.165) is 11.1 Å². The molecule has 1 aromatic carbocycles. The van der Waals surface area contributed by atoms with Crippen molar-refractivity contribution in [3.8, 4) is 11.3 Å². The first-order valence-electron chi connectivity index (χ1n) is 12.0. The van der Waals surface area contributed by atoms with E-state index in [0.29, 0.717) is 61.6 Å². The highest BCUT2D eigenvalue weighted by molar-refractivity contribution is 6.04. The number of anilines is 3. The number of ether oxygens (including phenoxy) is 1. The summed E-state index contributed by atoms with van der Waals surface area (Å²) in [4.78, 5) is 28.3. The van der Waals surface area contributed by atoms with Gasteiger partial charge >= 0.3 is 0 Å². The van der Waals surface area contributed by atoms with Gasteiger partial charge in [-0.3, -0.25) is 9.78 Å². The summed E-state index contributed by atoms with van der Waals surface area (Å²) in [7, 11) is 0. The van der Waals surface area contributed by atoms with Crippen LogP contribution in [0, 0.1) is 6.92 Å². The molecule has 10 heteroatoms. The van der Waals surface area contributed by atoms with Crippen molar-refractivity contribution in [2.24, 2.45) is 0 Å². The number of aliphatic hydroxyl groups is 1. The van der Waals surface area contributed by atoms with Gasteiger partial charge in [0.1, 0.15) is 12.0 Å². The lowest BCUT2D eigenvalue weighted by molar-refractivity contribution is 0.102. The normalized spacial score (nSPS) is 15.3. The Hall–Kier alpha value is -3.63. The molecule has 1 aliphatic heterocycles. The minimum Gasteiger partial charge on any atom is -0.392 e. The molecule has 36 heavy (non-hydrogen) atoms. The first kappa shape index (κ1) is 25.5. The number of halogens is 1. The number of aromatic nitrogens is 3. The molecule has 1 fully saturated rings. The molecule has 1 amide bonds. The summed E-state index contributed by atoms with van der Waals surface area (Å²) in [5.74, 6) is 0.813. The number of pyridine rings is 1. The summed E-state index contributed by atoms with van der Waals surface area (Å²) in [6.07, 6.45) is -0.375. The van der Waals surface area contributed by atoms with Crippen molar-refractivity contribution in [2.75, 3.05) is 48.4 Å². The number of nitrogens with one attached hydrogen (secondary N) is 2. The molecular weight excluding hydrogens is 463 g/mol. The average Bonchev–Trinajstić information content (AvgIpc) is 2.89. The lowest BCUT2D eigenvalue weighted by atomic mass is 10.0. The molecule has 0 saturated carbocycles. The zero-order valence-corrected chi connectivity index (χ0v) is 20.7. The van der Waals surface area contributed by atoms with E-state index in [1.807, 2.05) is 31.2 Å². The van der Waals surface area contributed by atoms with Gasteiger partial charge in [0.05, 0.1) is 30.7 Å². The minimum atomic E-state index is -1.27. The zero-order chi connectivity index (χ0) is 25.7. The third-order valence-corrected chi connectivity index (χ3v) is 5.81. The number of aliphatic hydroxyl groups excluding tert-OH is 1. The van der Waals surface area contributed by atoms with Crippen LogP contribution in [0.5, 0.6) is 0 Å². The second-order valence-corrected chi connectivity index (χ2v) is 8.84. The predicted octanol–water partition coefficient (Wildman–Crippen LogP) is 3.76. The van der Waals surface area contributed by atoms with E-state index < -0.39 is 12.3 Å². The molecule has 1 aliphatic rings. The highest BCUT2D eigenvalue weighted by Crippen LogP contribution is 2.29. The molecule has 0 spiro atoms. The van der Waals surface area contributed by atoms with Gasteiger partial charge < -0.3 is 25.4 Å². The van der Waals surface area contributed by atoms with Crippen LogP contribution in [0.25, 0.3) is 11.3 Å². The van der Waals surface area contributed by atoms with E-state index in [9.17, 15) is 14.3 Å². The van der Waals surface area contributed by atoms with Gasteiger partial charge in [0, 0.05) is 48.7 Å². The third kappa shape index (κ3) is 6.32. The molecule has 3 aromatic rings. The van der Waals surface area contributed by atoms with Gasteiger partial charge in [0.25, 0.3) is 5.91 Å². The SMILES string of the molecule is Cc1ccc(NC(=O)c2ccnc(C(C)F)c2)cc1-c1cc(NCC(C)O)nc(N2CCOCC2)n1. The summed E-state index contributed by atoms with van der Waals surface area (Å²) < 4.78 is 19.1. The fourth-order valence-corrected chi connectivity index (χ4v) is 3.81. The molecule has 0 radical (unpaired) electrons. The van der Waals surface area contributed by atoms with Crippen molar-refractivity contribution in [3.05, 3.63) is 59.4 Å². The second-order valence-electron chi connectivity index (χ2n) is 8.84. The Morgan fingerprint density at radius 2 is 1.94 bits per heavy atom. The van der Waals surface area contributed by atoms with Gasteiger partial charge in [-0.25, -0.2) is 9.37 Å². The molecule has 3 heterocycles. The number of amides is 1. The number of hydrogen-bond acceptors (Lipinski definition) is 8. The smallest absolute Gasteiger partial charge is 0.255 e. The van der Waals surface area contributed by atoms with Crippen LogP contribution < -0.4 is 15.5 Å². The number of carbonyl (C=O) groups is 1. The van der Waals surface area contributed by atoms with Crippen LogP contribution in [0.2, 0.25) is 0 Å². The van der Waals surface area contributed by atoms with Gasteiger partial charge in [-0.05, 0) is 50.6 Å². The number of rotatable bonds is 8. The van der Waals surface area contributed by atoms with Crippen molar-refractivity contribution in [3.63, 3.8) is 0 Å². The number of benzene rings is 1. The van der Waals surface area contributed by atoms with E-state index in [1.165, 1.54) is 19.2 Å². The van der Waals surface area contributed by atoms with Gasteiger partial charge in [-0.15, -0.1) is 0 Å². The Labute approximate surface area is 209 Å². The van der Waals surface area contributed by atoms with Crippen LogP contribution in [-0.4, -0.2) is 64.9 Å². The van der Waals surface area contributed by atoms with Crippen LogP contribution in [-0.2, 0) is 4.74 Å². The molecule has 4 rings (SSSR count). The Bertz CT molecular complexity index is 1210. The van der Waals surface area contributed by atoms with Crippen LogP contribution in [0.15, 0.2) is 42.6 Å². The largest absolute Gasteiger partial charge is 0.392 e. The van der Waals surface area contributed by atoms with Crippen molar-refractivity contribution in [1.82, 2.24) is 15.0 Å². The lowest BCUT2D eigenvalue weighted by Crippen LogP contribution is -2.37. The van der Waals surface area contributed by atoms with Crippen LogP contribution in [0.1, 0.15) is 41.6 Å². The molecule has 1 saturated heterocycles. The summed E-state index contributed by atoms with van der Waals surface area (Å²) in [5.41, 5.74) is 3.60. The highest BCUT2D eigenvalue weighted by atomic mass is 19.1. The number of morpholine rings is 1. The number of nitrogens with zero attached hydrogens (tertiary/aromatic N) is 4.